The van der Waals surface area contributed by atoms with Crippen LogP contribution in [0.1, 0.15) is 38.3 Å². The van der Waals surface area contributed by atoms with Crippen molar-refractivity contribution >= 4 is 11.9 Å². The summed E-state index contributed by atoms with van der Waals surface area (Å²) in [7, 11) is 0. The quantitative estimate of drug-likeness (QED) is 0.813. The van der Waals surface area contributed by atoms with Gasteiger partial charge in [0.25, 0.3) is 0 Å². The fourth-order valence-electron chi connectivity index (χ4n) is 1.81. The van der Waals surface area contributed by atoms with Crippen LogP contribution in [0.15, 0.2) is 30.3 Å². The first-order valence-electron chi connectivity index (χ1n) is 6.05. The smallest absolute Gasteiger partial charge is 0.303 e. The molecule has 2 N–H and O–H groups in total. The Hall–Kier alpha value is -1.84. The van der Waals surface area contributed by atoms with E-state index in [0.717, 1.165) is 5.56 Å². The van der Waals surface area contributed by atoms with Crippen LogP contribution in [-0.2, 0) is 9.59 Å². The molecule has 0 aromatic heterocycles. The van der Waals surface area contributed by atoms with E-state index in [-0.39, 0.29) is 30.7 Å². The second-order valence-electron chi connectivity index (χ2n) is 4.61. The molecule has 0 bridgehead atoms. The Labute approximate surface area is 107 Å². The zero-order valence-corrected chi connectivity index (χ0v) is 10.7. The van der Waals surface area contributed by atoms with Gasteiger partial charge in [0.2, 0.25) is 5.91 Å². The zero-order valence-electron chi connectivity index (χ0n) is 10.7. The SMILES string of the molecule is CC(CC(=O)O)CC(=O)N[C@@H](C)c1ccccc1. The monoisotopic (exact) mass is 249 g/mol. The van der Waals surface area contributed by atoms with Crippen molar-refractivity contribution in [2.45, 2.75) is 32.7 Å². The molecular formula is C14H19NO3. The molecule has 4 nitrogen and oxygen atoms in total. The number of carbonyl (C=O) groups is 2. The summed E-state index contributed by atoms with van der Waals surface area (Å²) in [6, 6.07) is 9.61. The number of carboxylic acids is 1. The fourth-order valence-corrected chi connectivity index (χ4v) is 1.81. The first-order valence-corrected chi connectivity index (χ1v) is 6.05. The lowest BCUT2D eigenvalue weighted by atomic mass is 10.0. The molecule has 0 saturated heterocycles. The number of carboxylic acid groups (broad SMARTS) is 1. The number of amides is 1. The van der Waals surface area contributed by atoms with Gasteiger partial charge in [-0.1, -0.05) is 37.3 Å². The standard InChI is InChI=1S/C14H19NO3/c1-10(9-14(17)18)8-13(16)15-11(2)12-6-4-3-5-7-12/h3-7,10-11H,8-9H2,1-2H3,(H,15,16)(H,17,18)/t10?,11-/m0/s1. The number of benzene rings is 1. The maximum Gasteiger partial charge on any atom is 0.303 e. The molecule has 0 aliphatic carbocycles. The number of hydrogen-bond donors (Lipinski definition) is 2. The lowest BCUT2D eigenvalue weighted by molar-refractivity contribution is -0.138. The normalized spacial score (nSPS) is 13.7. The molecule has 0 radical (unpaired) electrons. The summed E-state index contributed by atoms with van der Waals surface area (Å²) >= 11 is 0. The maximum absolute atomic E-state index is 11.7. The molecule has 18 heavy (non-hydrogen) atoms. The summed E-state index contributed by atoms with van der Waals surface area (Å²) in [5.74, 6) is -1.13. The highest BCUT2D eigenvalue weighted by Crippen LogP contribution is 2.13. The van der Waals surface area contributed by atoms with Crippen molar-refractivity contribution < 1.29 is 14.7 Å². The minimum absolute atomic E-state index is 0.0210. The molecule has 0 aliphatic heterocycles. The summed E-state index contributed by atoms with van der Waals surface area (Å²) in [5, 5.41) is 11.5. The van der Waals surface area contributed by atoms with Gasteiger partial charge in [-0.2, -0.15) is 0 Å². The van der Waals surface area contributed by atoms with Crippen LogP contribution in [0.25, 0.3) is 0 Å². The molecule has 1 rings (SSSR count). The van der Waals surface area contributed by atoms with Crippen molar-refractivity contribution in [1.82, 2.24) is 5.32 Å². The van der Waals surface area contributed by atoms with E-state index in [4.69, 9.17) is 5.11 Å². The molecule has 0 spiro atoms. The summed E-state index contributed by atoms with van der Waals surface area (Å²) in [5.41, 5.74) is 1.04. The molecule has 98 valence electrons. The average molecular weight is 249 g/mol. The van der Waals surface area contributed by atoms with E-state index in [1.165, 1.54) is 0 Å². The summed E-state index contributed by atoms with van der Waals surface area (Å²) in [4.78, 5) is 22.2. The van der Waals surface area contributed by atoms with E-state index in [9.17, 15) is 9.59 Å². The Morgan fingerprint density at radius 1 is 1.17 bits per heavy atom. The second-order valence-corrected chi connectivity index (χ2v) is 4.61. The average Bonchev–Trinajstić information content (AvgIpc) is 2.28. The summed E-state index contributed by atoms with van der Waals surface area (Å²) in [6.45, 7) is 3.68. The van der Waals surface area contributed by atoms with Gasteiger partial charge in [-0.25, -0.2) is 0 Å². The van der Waals surface area contributed by atoms with Crippen LogP contribution in [0.5, 0.6) is 0 Å². The molecule has 0 heterocycles. The molecular weight excluding hydrogens is 230 g/mol. The highest BCUT2D eigenvalue weighted by molar-refractivity contribution is 5.77. The Morgan fingerprint density at radius 2 is 1.78 bits per heavy atom. The van der Waals surface area contributed by atoms with Gasteiger partial charge < -0.3 is 10.4 Å². The number of carbonyl (C=O) groups excluding carboxylic acids is 1. The van der Waals surface area contributed by atoms with Gasteiger partial charge in [0.15, 0.2) is 0 Å². The Bertz CT molecular complexity index is 403. The van der Waals surface area contributed by atoms with Crippen LogP contribution in [0, 0.1) is 5.92 Å². The lowest BCUT2D eigenvalue weighted by Crippen LogP contribution is -2.28. The van der Waals surface area contributed by atoms with Crippen molar-refractivity contribution in [3.8, 4) is 0 Å². The van der Waals surface area contributed by atoms with Crippen LogP contribution >= 0.6 is 0 Å². The van der Waals surface area contributed by atoms with Crippen molar-refractivity contribution in [2.75, 3.05) is 0 Å². The van der Waals surface area contributed by atoms with Crippen LogP contribution < -0.4 is 5.32 Å². The Kier molecular flexibility index (Phi) is 5.36. The fraction of sp³-hybridized carbons (Fsp3) is 0.429. The van der Waals surface area contributed by atoms with Crippen LogP contribution in [0.2, 0.25) is 0 Å². The summed E-state index contributed by atoms with van der Waals surface area (Å²) in [6.07, 6.45) is 0.261. The van der Waals surface area contributed by atoms with Gasteiger partial charge in [0.05, 0.1) is 6.04 Å². The third kappa shape index (κ3) is 4.99. The van der Waals surface area contributed by atoms with E-state index in [1.54, 1.807) is 6.92 Å². The van der Waals surface area contributed by atoms with E-state index in [1.807, 2.05) is 37.3 Å². The molecule has 1 unspecified atom stereocenters. The van der Waals surface area contributed by atoms with E-state index in [2.05, 4.69) is 5.32 Å². The number of rotatable bonds is 6. The molecule has 2 atom stereocenters. The Balaban J connectivity index is 2.43. The van der Waals surface area contributed by atoms with Crippen molar-refractivity contribution in [1.29, 1.82) is 0 Å². The molecule has 1 aromatic rings. The molecule has 0 saturated carbocycles. The predicted molar refractivity (Wildman–Crippen MR) is 69.0 cm³/mol. The molecule has 0 aliphatic rings. The van der Waals surface area contributed by atoms with Gasteiger partial charge in [0.1, 0.15) is 0 Å². The summed E-state index contributed by atoms with van der Waals surface area (Å²) < 4.78 is 0. The van der Waals surface area contributed by atoms with E-state index in [0.29, 0.717) is 0 Å². The van der Waals surface area contributed by atoms with Crippen LogP contribution in [-0.4, -0.2) is 17.0 Å². The lowest BCUT2D eigenvalue weighted by Gasteiger charge is -2.15. The van der Waals surface area contributed by atoms with Gasteiger partial charge in [0, 0.05) is 12.8 Å². The van der Waals surface area contributed by atoms with E-state index >= 15 is 0 Å². The first-order chi connectivity index (χ1) is 8.49. The molecule has 1 aromatic carbocycles. The number of nitrogens with one attached hydrogen (secondary N) is 1. The first kappa shape index (κ1) is 14.2. The van der Waals surface area contributed by atoms with Gasteiger partial charge in [-0.15, -0.1) is 0 Å². The second kappa shape index (κ2) is 6.79. The number of aliphatic carboxylic acids is 1. The predicted octanol–water partition coefficient (Wildman–Crippen LogP) is 2.36. The highest BCUT2D eigenvalue weighted by Gasteiger charge is 2.14. The third-order valence-electron chi connectivity index (χ3n) is 2.73. The van der Waals surface area contributed by atoms with Gasteiger partial charge >= 0.3 is 5.97 Å². The van der Waals surface area contributed by atoms with Gasteiger partial charge in [-0.05, 0) is 18.4 Å². The minimum atomic E-state index is -0.869. The van der Waals surface area contributed by atoms with Crippen LogP contribution in [0.3, 0.4) is 0 Å². The highest BCUT2D eigenvalue weighted by atomic mass is 16.4. The molecule has 4 heteroatoms. The van der Waals surface area contributed by atoms with Crippen molar-refractivity contribution in [3.05, 3.63) is 35.9 Å². The van der Waals surface area contributed by atoms with Crippen LogP contribution in [0.4, 0.5) is 0 Å². The Morgan fingerprint density at radius 3 is 2.33 bits per heavy atom. The molecule has 0 fully saturated rings. The third-order valence-corrected chi connectivity index (χ3v) is 2.73. The topological polar surface area (TPSA) is 66.4 Å². The van der Waals surface area contributed by atoms with E-state index < -0.39 is 5.97 Å². The minimum Gasteiger partial charge on any atom is -0.481 e. The van der Waals surface area contributed by atoms with Crippen molar-refractivity contribution in [2.24, 2.45) is 5.92 Å². The van der Waals surface area contributed by atoms with Gasteiger partial charge in [-0.3, -0.25) is 9.59 Å². The maximum atomic E-state index is 11.7. The molecule has 1 amide bonds. The number of hydrogen-bond acceptors (Lipinski definition) is 2. The zero-order chi connectivity index (χ0) is 13.5. The van der Waals surface area contributed by atoms with Crippen molar-refractivity contribution in [3.63, 3.8) is 0 Å². The largest absolute Gasteiger partial charge is 0.481 e.